The van der Waals surface area contributed by atoms with E-state index in [0.29, 0.717) is 12.1 Å². The number of guanidine groups is 1. The SMILES string of the molecule is N=C(NC=O)N(N)c1ccccc1. The molecule has 5 nitrogen and oxygen atoms in total. The van der Waals surface area contributed by atoms with Crippen LogP contribution < -0.4 is 16.2 Å². The molecule has 5 heteroatoms. The van der Waals surface area contributed by atoms with E-state index in [0.717, 1.165) is 5.01 Å². The molecule has 0 spiro atoms. The zero-order valence-corrected chi connectivity index (χ0v) is 6.90. The minimum atomic E-state index is -0.166. The highest BCUT2D eigenvalue weighted by Gasteiger charge is 2.04. The summed E-state index contributed by atoms with van der Waals surface area (Å²) in [6, 6.07) is 8.91. The van der Waals surface area contributed by atoms with Crippen molar-refractivity contribution in [3.8, 4) is 0 Å². The fraction of sp³-hybridized carbons (Fsp3) is 0. The van der Waals surface area contributed by atoms with E-state index >= 15 is 0 Å². The summed E-state index contributed by atoms with van der Waals surface area (Å²) in [6.07, 6.45) is 0.408. The number of carbonyl (C=O) groups is 1. The quantitative estimate of drug-likeness (QED) is 0.197. The van der Waals surface area contributed by atoms with Crippen molar-refractivity contribution in [1.29, 1.82) is 5.41 Å². The third-order valence-corrected chi connectivity index (χ3v) is 1.47. The van der Waals surface area contributed by atoms with Crippen molar-refractivity contribution in [2.45, 2.75) is 0 Å². The van der Waals surface area contributed by atoms with Crippen LogP contribution in [0.25, 0.3) is 0 Å². The summed E-state index contributed by atoms with van der Waals surface area (Å²) in [5.74, 6) is 5.35. The van der Waals surface area contributed by atoms with Crippen molar-refractivity contribution in [1.82, 2.24) is 5.32 Å². The van der Waals surface area contributed by atoms with E-state index in [1.165, 1.54) is 0 Å². The average Bonchev–Trinajstić information content (AvgIpc) is 2.18. The van der Waals surface area contributed by atoms with Crippen molar-refractivity contribution in [2.75, 3.05) is 5.01 Å². The molecule has 0 saturated carbocycles. The van der Waals surface area contributed by atoms with Gasteiger partial charge in [-0.3, -0.25) is 15.5 Å². The Morgan fingerprint density at radius 3 is 2.62 bits per heavy atom. The number of rotatable bonds is 2. The van der Waals surface area contributed by atoms with Crippen molar-refractivity contribution in [2.24, 2.45) is 5.84 Å². The van der Waals surface area contributed by atoms with Crippen LogP contribution in [0.15, 0.2) is 30.3 Å². The molecule has 0 aliphatic carbocycles. The lowest BCUT2D eigenvalue weighted by Gasteiger charge is -2.17. The van der Waals surface area contributed by atoms with E-state index in [9.17, 15) is 4.79 Å². The molecule has 1 amide bonds. The lowest BCUT2D eigenvalue weighted by molar-refractivity contribution is -0.108. The van der Waals surface area contributed by atoms with Gasteiger partial charge in [-0.15, -0.1) is 0 Å². The van der Waals surface area contributed by atoms with Crippen LogP contribution in [-0.2, 0) is 4.79 Å². The Hall–Kier alpha value is -1.88. The van der Waals surface area contributed by atoms with Gasteiger partial charge in [-0.1, -0.05) is 18.2 Å². The number of hydrogen-bond acceptors (Lipinski definition) is 3. The van der Waals surface area contributed by atoms with E-state index in [2.05, 4.69) is 5.32 Å². The number of amides is 1. The highest BCUT2D eigenvalue weighted by atomic mass is 16.1. The summed E-state index contributed by atoms with van der Waals surface area (Å²) in [5.41, 5.74) is 0.641. The number of hydrazine groups is 1. The van der Waals surface area contributed by atoms with Gasteiger partial charge in [0.2, 0.25) is 12.4 Å². The van der Waals surface area contributed by atoms with Crippen molar-refractivity contribution in [3.05, 3.63) is 30.3 Å². The second-order valence-corrected chi connectivity index (χ2v) is 2.32. The molecule has 0 aromatic heterocycles. The van der Waals surface area contributed by atoms with E-state index in [4.69, 9.17) is 11.3 Å². The van der Waals surface area contributed by atoms with Crippen LogP contribution in [0.1, 0.15) is 0 Å². The largest absolute Gasteiger partial charge is 0.298 e. The number of hydrogen-bond donors (Lipinski definition) is 3. The molecule has 1 rings (SSSR count). The van der Waals surface area contributed by atoms with E-state index < -0.39 is 0 Å². The molecule has 1 aromatic rings. The number of nitrogens with two attached hydrogens (primary N) is 1. The van der Waals surface area contributed by atoms with Crippen LogP contribution >= 0.6 is 0 Å². The number of anilines is 1. The van der Waals surface area contributed by atoms with Crippen LogP contribution in [-0.4, -0.2) is 12.4 Å². The first kappa shape index (κ1) is 9.21. The summed E-state index contributed by atoms with van der Waals surface area (Å²) in [6.45, 7) is 0. The van der Waals surface area contributed by atoms with Crippen LogP contribution in [0.2, 0.25) is 0 Å². The third-order valence-electron chi connectivity index (χ3n) is 1.47. The van der Waals surface area contributed by atoms with Gasteiger partial charge in [0.1, 0.15) is 0 Å². The van der Waals surface area contributed by atoms with Crippen molar-refractivity contribution >= 4 is 18.1 Å². The van der Waals surface area contributed by atoms with E-state index in [-0.39, 0.29) is 5.96 Å². The fourth-order valence-electron chi connectivity index (χ4n) is 0.843. The molecule has 13 heavy (non-hydrogen) atoms. The summed E-state index contributed by atoms with van der Waals surface area (Å²) in [4.78, 5) is 10.0. The molecule has 0 atom stereocenters. The molecule has 1 aromatic carbocycles. The second kappa shape index (κ2) is 4.22. The van der Waals surface area contributed by atoms with Crippen molar-refractivity contribution < 1.29 is 4.79 Å². The Morgan fingerprint density at radius 1 is 1.46 bits per heavy atom. The summed E-state index contributed by atoms with van der Waals surface area (Å²) >= 11 is 0. The molecule has 0 aliphatic heterocycles. The Balaban J connectivity index is 2.73. The van der Waals surface area contributed by atoms with Gasteiger partial charge in [-0.2, -0.15) is 0 Å². The lowest BCUT2D eigenvalue weighted by Crippen LogP contribution is -2.44. The maximum atomic E-state index is 10.0. The molecule has 0 radical (unpaired) electrons. The van der Waals surface area contributed by atoms with E-state index in [1.54, 1.807) is 24.3 Å². The van der Waals surface area contributed by atoms with Gasteiger partial charge in [0, 0.05) is 0 Å². The summed E-state index contributed by atoms with van der Waals surface area (Å²) in [7, 11) is 0. The first-order chi connectivity index (χ1) is 6.25. The highest BCUT2D eigenvalue weighted by Crippen LogP contribution is 2.08. The molecule has 0 unspecified atom stereocenters. The molecule has 0 aliphatic rings. The van der Waals surface area contributed by atoms with Crippen LogP contribution in [0.3, 0.4) is 0 Å². The fourth-order valence-corrected chi connectivity index (χ4v) is 0.843. The number of nitrogens with zero attached hydrogens (tertiary/aromatic N) is 1. The second-order valence-electron chi connectivity index (χ2n) is 2.32. The zero-order chi connectivity index (χ0) is 9.68. The van der Waals surface area contributed by atoms with Crippen LogP contribution in [0, 0.1) is 5.41 Å². The molecule has 4 N–H and O–H groups in total. The standard InChI is InChI=1S/C8H10N4O/c9-8(11-6-13)12(10)7-4-2-1-3-5-7/h1-6H,10H2,(H2,9,11,13). The predicted molar refractivity (Wildman–Crippen MR) is 50.0 cm³/mol. The van der Waals surface area contributed by atoms with Gasteiger partial charge in [0.05, 0.1) is 5.69 Å². The smallest absolute Gasteiger partial charge is 0.216 e. The van der Waals surface area contributed by atoms with Gasteiger partial charge in [-0.05, 0) is 12.1 Å². The number of nitrogens with one attached hydrogen (secondary N) is 2. The van der Waals surface area contributed by atoms with Crippen LogP contribution in [0.4, 0.5) is 5.69 Å². The third kappa shape index (κ3) is 2.28. The molecular formula is C8H10N4O. The minimum absolute atomic E-state index is 0.166. The molecule has 0 saturated heterocycles. The van der Waals surface area contributed by atoms with Gasteiger partial charge >= 0.3 is 0 Å². The van der Waals surface area contributed by atoms with Gasteiger partial charge in [-0.25, -0.2) is 10.9 Å². The first-order valence-electron chi connectivity index (χ1n) is 3.64. The normalized spacial score (nSPS) is 9.00. The van der Waals surface area contributed by atoms with Gasteiger partial charge in [0.15, 0.2) is 0 Å². The Kier molecular flexibility index (Phi) is 2.99. The monoisotopic (exact) mass is 178 g/mol. The number of para-hydroxylation sites is 1. The maximum Gasteiger partial charge on any atom is 0.216 e. The molecule has 68 valence electrons. The Morgan fingerprint density at radius 2 is 2.08 bits per heavy atom. The van der Waals surface area contributed by atoms with Crippen molar-refractivity contribution in [3.63, 3.8) is 0 Å². The van der Waals surface area contributed by atoms with E-state index in [1.807, 2.05) is 6.07 Å². The average molecular weight is 178 g/mol. The number of carbonyl (C=O) groups excluding carboxylic acids is 1. The minimum Gasteiger partial charge on any atom is -0.298 e. The molecular weight excluding hydrogens is 168 g/mol. The maximum absolute atomic E-state index is 10.0. The Labute approximate surface area is 75.6 Å². The summed E-state index contributed by atoms with van der Waals surface area (Å²) in [5, 5.41) is 10.5. The Bertz CT molecular complexity index is 298. The topological polar surface area (TPSA) is 82.2 Å². The zero-order valence-electron chi connectivity index (χ0n) is 6.90. The first-order valence-corrected chi connectivity index (χ1v) is 3.64. The lowest BCUT2D eigenvalue weighted by atomic mass is 10.3. The summed E-state index contributed by atoms with van der Waals surface area (Å²) < 4.78 is 0. The van der Waals surface area contributed by atoms with Gasteiger partial charge in [0.25, 0.3) is 0 Å². The van der Waals surface area contributed by atoms with Gasteiger partial charge < -0.3 is 0 Å². The molecule has 0 fully saturated rings. The molecule has 0 heterocycles. The predicted octanol–water partition coefficient (Wildman–Crippen LogP) is 0.0475. The molecule has 0 bridgehead atoms. The number of benzene rings is 1. The highest BCUT2D eigenvalue weighted by molar-refractivity contribution is 5.97. The van der Waals surface area contributed by atoms with Crippen LogP contribution in [0.5, 0.6) is 0 Å².